The molecule has 0 fully saturated rings. The number of nitrogens with zero attached hydrogens (tertiary/aromatic N) is 2. The van der Waals surface area contributed by atoms with E-state index in [1.54, 1.807) is 0 Å². The van der Waals surface area contributed by atoms with Crippen molar-refractivity contribution in [3.63, 3.8) is 0 Å². The van der Waals surface area contributed by atoms with E-state index < -0.39 is 0 Å². The summed E-state index contributed by atoms with van der Waals surface area (Å²) >= 11 is 1.88. The molecule has 0 N–H and O–H groups in total. The van der Waals surface area contributed by atoms with Gasteiger partial charge in [-0.25, -0.2) is 0 Å². The molecule has 0 radical (unpaired) electrons. The van der Waals surface area contributed by atoms with Crippen LogP contribution in [0.25, 0.3) is 80.3 Å². The van der Waals surface area contributed by atoms with Crippen LogP contribution in [-0.4, -0.2) is 4.57 Å². The second-order valence-corrected chi connectivity index (χ2v) is 14.8. The number of fused-ring (bicyclic) bond motifs is 9. The smallest absolute Gasteiger partial charge is 0.0562 e. The standard InChI is InChI=1S/C50H32N2S/c1-2-13-36(14-3-1)52-45-20-8-6-17-43(45)49-46(21-11-22-47(49)52)51(38-31-28-35-25-24-33-12-4-5-15-39(33)44(35)32-38)37-29-26-34(27-30-37)40-18-10-19-42-41-16-7-9-23-48(41)53-50(40)42/h1-32H. The Bertz CT molecular complexity index is 3170. The second-order valence-electron chi connectivity index (χ2n) is 13.7. The van der Waals surface area contributed by atoms with Gasteiger partial charge in [0.15, 0.2) is 0 Å². The lowest BCUT2D eigenvalue weighted by Gasteiger charge is -2.27. The van der Waals surface area contributed by atoms with E-state index in [-0.39, 0.29) is 0 Å². The molecule has 0 atom stereocenters. The third kappa shape index (κ3) is 4.71. The van der Waals surface area contributed by atoms with Crippen molar-refractivity contribution in [3.8, 4) is 16.8 Å². The summed E-state index contributed by atoms with van der Waals surface area (Å²) in [5.41, 5.74) is 9.39. The van der Waals surface area contributed by atoms with Crippen LogP contribution >= 0.6 is 11.3 Å². The minimum absolute atomic E-state index is 1.11. The Kier molecular flexibility index (Phi) is 6.76. The van der Waals surface area contributed by atoms with Gasteiger partial charge in [-0.05, 0) is 93.3 Å². The maximum atomic E-state index is 2.45. The van der Waals surface area contributed by atoms with E-state index >= 15 is 0 Å². The van der Waals surface area contributed by atoms with Gasteiger partial charge in [0.1, 0.15) is 0 Å². The summed E-state index contributed by atoms with van der Waals surface area (Å²) in [7, 11) is 0. The van der Waals surface area contributed by atoms with E-state index in [0.29, 0.717) is 0 Å². The van der Waals surface area contributed by atoms with Crippen LogP contribution in [0.3, 0.4) is 0 Å². The highest BCUT2D eigenvalue weighted by Crippen LogP contribution is 2.46. The summed E-state index contributed by atoms with van der Waals surface area (Å²) in [6.07, 6.45) is 0. The van der Waals surface area contributed by atoms with Crippen LogP contribution in [0.15, 0.2) is 194 Å². The van der Waals surface area contributed by atoms with E-state index in [1.807, 2.05) is 11.3 Å². The van der Waals surface area contributed by atoms with Crippen LogP contribution in [0, 0.1) is 0 Å². The number of thiophene rings is 1. The molecule has 3 heteroatoms. The van der Waals surface area contributed by atoms with Crippen LogP contribution < -0.4 is 4.90 Å². The summed E-state index contributed by atoms with van der Waals surface area (Å²) in [6, 6.07) is 71.0. The van der Waals surface area contributed by atoms with Gasteiger partial charge in [0.2, 0.25) is 0 Å². The minimum atomic E-state index is 1.11. The van der Waals surface area contributed by atoms with Crippen molar-refractivity contribution in [2.24, 2.45) is 0 Å². The van der Waals surface area contributed by atoms with Gasteiger partial charge < -0.3 is 9.47 Å². The fraction of sp³-hybridized carbons (Fsp3) is 0. The molecule has 0 aliphatic carbocycles. The average molecular weight is 693 g/mol. The molecule has 0 unspecified atom stereocenters. The number of aromatic nitrogens is 1. The number of benzene rings is 9. The van der Waals surface area contributed by atoms with Gasteiger partial charge in [-0.3, -0.25) is 0 Å². The molecule has 0 aliphatic rings. The summed E-state index contributed by atoms with van der Waals surface area (Å²) in [4.78, 5) is 2.45. The Labute approximate surface area is 311 Å². The van der Waals surface area contributed by atoms with Crippen molar-refractivity contribution in [2.45, 2.75) is 0 Å². The lowest BCUT2D eigenvalue weighted by atomic mass is 10.00. The molecule has 11 rings (SSSR count). The molecule has 9 aromatic carbocycles. The van der Waals surface area contributed by atoms with E-state index in [0.717, 1.165) is 22.7 Å². The summed E-state index contributed by atoms with van der Waals surface area (Å²) in [5.74, 6) is 0. The highest BCUT2D eigenvalue weighted by molar-refractivity contribution is 7.26. The van der Waals surface area contributed by atoms with Gasteiger partial charge >= 0.3 is 0 Å². The van der Waals surface area contributed by atoms with E-state index in [4.69, 9.17) is 0 Å². The Morgan fingerprint density at radius 3 is 1.92 bits per heavy atom. The monoisotopic (exact) mass is 692 g/mol. The normalized spacial score (nSPS) is 11.8. The van der Waals surface area contributed by atoms with Gasteiger partial charge in [0.25, 0.3) is 0 Å². The van der Waals surface area contributed by atoms with Crippen LogP contribution in [0.2, 0.25) is 0 Å². The van der Waals surface area contributed by atoms with Crippen molar-refractivity contribution >= 4 is 91.9 Å². The Hall–Kier alpha value is -6.68. The first-order valence-corrected chi connectivity index (χ1v) is 18.9. The van der Waals surface area contributed by atoms with Crippen molar-refractivity contribution in [2.75, 3.05) is 4.90 Å². The zero-order valence-electron chi connectivity index (χ0n) is 28.8. The summed E-state index contributed by atoms with van der Waals surface area (Å²) < 4.78 is 5.05. The van der Waals surface area contributed by atoms with Crippen molar-refractivity contribution in [3.05, 3.63) is 194 Å². The molecule has 248 valence electrons. The van der Waals surface area contributed by atoms with Crippen LogP contribution in [-0.2, 0) is 0 Å². The molecule has 53 heavy (non-hydrogen) atoms. The molecule has 2 nitrogen and oxygen atoms in total. The molecular formula is C50H32N2S. The average Bonchev–Trinajstić information content (AvgIpc) is 3.78. The quantitative estimate of drug-likeness (QED) is 0.163. The zero-order valence-corrected chi connectivity index (χ0v) is 29.6. The number of rotatable bonds is 5. The first-order chi connectivity index (χ1) is 26.3. The summed E-state index contributed by atoms with van der Waals surface area (Å²) in [5, 5.41) is 10.1. The van der Waals surface area contributed by atoms with Crippen molar-refractivity contribution < 1.29 is 0 Å². The number of para-hydroxylation sites is 2. The van der Waals surface area contributed by atoms with Crippen LogP contribution in [0.1, 0.15) is 0 Å². The maximum Gasteiger partial charge on any atom is 0.0562 e. The fourth-order valence-electron chi connectivity index (χ4n) is 8.36. The topological polar surface area (TPSA) is 8.17 Å². The summed E-state index contributed by atoms with van der Waals surface area (Å²) in [6.45, 7) is 0. The third-order valence-electron chi connectivity index (χ3n) is 10.8. The lowest BCUT2D eigenvalue weighted by Crippen LogP contribution is -2.10. The molecule has 0 saturated heterocycles. The van der Waals surface area contributed by atoms with Gasteiger partial charge in [0, 0.05) is 48.0 Å². The predicted octanol–water partition coefficient (Wildman–Crippen LogP) is 14.6. The molecule has 0 spiro atoms. The molecule has 0 saturated carbocycles. The molecule has 2 heterocycles. The Morgan fingerprint density at radius 1 is 0.415 bits per heavy atom. The molecule has 2 aromatic heterocycles. The second kappa shape index (κ2) is 11.9. The number of hydrogen-bond donors (Lipinski definition) is 0. The van der Waals surface area contributed by atoms with E-state index in [2.05, 4.69) is 204 Å². The van der Waals surface area contributed by atoms with Crippen molar-refractivity contribution in [1.82, 2.24) is 4.57 Å². The highest BCUT2D eigenvalue weighted by atomic mass is 32.1. The molecule has 0 bridgehead atoms. The predicted molar refractivity (Wildman–Crippen MR) is 229 cm³/mol. The molecule has 0 aliphatic heterocycles. The molecule has 0 amide bonds. The number of anilines is 3. The first kappa shape index (κ1) is 30.0. The first-order valence-electron chi connectivity index (χ1n) is 18.1. The number of hydrogen-bond acceptors (Lipinski definition) is 2. The fourth-order valence-corrected chi connectivity index (χ4v) is 9.60. The van der Waals surface area contributed by atoms with Gasteiger partial charge in [-0.1, -0.05) is 133 Å². The van der Waals surface area contributed by atoms with Gasteiger partial charge in [-0.15, -0.1) is 11.3 Å². The third-order valence-corrected chi connectivity index (χ3v) is 12.0. The molecular weight excluding hydrogens is 661 g/mol. The van der Waals surface area contributed by atoms with Gasteiger partial charge in [-0.2, -0.15) is 0 Å². The van der Waals surface area contributed by atoms with E-state index in [9.17, 15) is 0 Å². The van der Waals surface area contributed by atoms with Crippen molar-refractivity contribution in [1.29, 1.82) is 0 Å². The molecule has 11 aromatic rings. The largest absolute Gasteiger partial charge is 0.310 e. The maximum absolute atomic E-state index is 2.45. The lowest BCUT2D eigenvalue weighted by molar-refractivity contribution is 1.18. The Morgan fingerprint density at radius 2 is 1.06 bits per heavy atom. The van der Waals surface area contributed by atoms with Crippen LogP contribution in [0.4, 0.5) is 17.1 Å². The van der Waals surface area contributed by atoms with Crippen LogP contribution in [0.5, 0.6) is 0 Å². The Balaban J connectivity index is 1.16. The van der Waals surface area contributed by atoms with E-state index in [1.165, 1.54) is 74.6 Å². The SMILES string of the molecule is c1ccc(-n2c3ccccc3c3c(N(c4ccc(-c5cccc6c5sc5ccccc56)cc4)c4ccc5ccc6ccccc6c5c4)cccc32)cc1. The minimum Gasteiger partial charge on any atom is -0.310 e. The highest BCUT2D eigenvalue weighted by Gasteiger charge is 2.22. The zero-order chi connectivity index (χ0) is 34.9. The van der Waals surface area contributed by atoms with Gasteiger partial charge in [0.05, 0.1) is 16.7 Å².